The predicted octanol–water partition coefficient (Wildman–Crippen LogP) is 3.91. The van der Waals surface area contributed by atoms with Crippen molar-refractivity contribution >= 4 is 16.6 Å². The van der Waals surface area contributed by atoms with E-state index in [4.69, 9.17) is 0 Å². The molecule has 1 aromatic heterocycles. The molecule has 4 heteroatoms. The monoisotopic (exact) mass is 289 g/mol. The molecular formula is C17H24FN3. The van der Waals surface area contributed by atoms with Crippen molar-refractivity contribution in [1.82, 2.24) is 9.88 Å². The molecule has 0 aliphatic heterocycles. The van der Waals surface area contributed by atoms with Gasteiger partial charge in [0.15, 0.2) is 0 Å². The Bertz CT molecular complexity index is 567. The van der Waals surface area contributed by atoms with E-state index >= 15 is 0 Å². The Morgan fingerprint density at radius 2 is 1.95 bits per heavy atom. The third-order valence-corrected chi connectivity index (χ3v) is 3.82. The first-order valence-electron chi connectivity index (χ1n) is 7.75. The van der Waals surface area contributed by atoms with Crippen LogP contribution >= 0.6 is 0 Å². The third kappa shape index (κ3) is 4.39. The lowest BCUT2D eigenvalue weighted by Crippen LogP contribution is -2.24. The minimum absolute atomic E-state index is 0.244. The molecule has 0 spiro atoms. The lowest BCUT2D eigenvalue weighted by molar-refractivity contribution is 0.298. The van der Waals surface area contributed by atoms with E-state index in [9.17, 15) is 4.39 Å². The third-order valence-electron chi connectivity index (χ3n) is 3.82. The average molecular weight is 289 g/mol. The first-order chi connectivity index (χ1) is 10.2. The largest absolute Gasteiger partial charge is 0.384 e. The van der Waals surface area contributed by atoms with E-state index in [0.717, 1.165) is 43.7 Å². The van der Waals surface area contributed by atoms with Crippen molar-refractivity contribution in [2.24, 2.45) is 0 Å². The minimum atomic E-state index is -0.244. The molecule has 0 fully saturated rings. The van der Waals surface area contributed by atoms with Crippen LogP contribution in [-0.2, 0) is 0 Å². The van der Waals surface area contributed by atoms with Gasteiger partial charge < -0.3 is 10.2 Å². The van der Waals surface area contributed by atoms with Crippen LogP contribution in [0.3, 0.4) is 0 Å². The lowest BCUT2D eigenvalue weighted by atomic mass is 10.2. The van der Waals surface area contributed by atoms with Crippen molar-refractivity contribution in [2.75, 3.05) is 31.5 Å². The van der Waals surface area contributed by atoms with Crippen LogP contribution in [0.2, 0.25) is 0 Å². The maximum atomic E-state index is 13.2. The van der Waals surface area contributed by atoms with Crippen LogP contribution in [0.5, 0.6) is 0 Å². The van der Waals surface area contributed by atoms with Gasteiger partial charge in [0.05, 0.1) is 5.52 Å². The number of hydrogen-bond acceptors (Lipinski definition) is 3. The van der Waals surface area contributed by atoms with E-state index in [1.54, 1.807) is 12.3 Å². The maximum Gasteiger partial charge on any atom is 0.125 e. The van der Waals surface area contributed by atoms with Gasteiger partial charge in [0, 0.05) is 29.9 Å². The molecule has 0 aliphatic carbocycles. The molecule has 0 atom stereocenters. The first kappa shape index (κ1) is 15.7. The van der Waals surface area contributed by atoms with Gasteiger partial charge in [-0.3, -0.25) is 4.98 Å². The van der Waals surface area contributed by atoms with Crippen LogP contribution in [0, 0.1) is 5.82 Å². The summed E-state index contributed by atoms with van der Waals surface area (Å²) in [5.74, 6) is -0.244. The average Bonchev–Trinajstić information content (AvgIpc) is 2.50. The molecular weight excluding hydrogens is 265 g/mol. The molecule has 1 aromatic carbocycles. The van der Waals surface area contributed by atoms with Crippen molar-refractivity contribution in [3.05, 3.63) is 36.3 Å². The van der Waals surface area contributed by atoms with Crippen LogP contribution in [0.15, 0.2) is 30.5 Å². The second-order valence-electron chi connectivity index (χ2n) is 5.18. The van der Waals surface area contributed by atoms with E-state index in [1.807, 2.05) is 6.07 Å². The van der Waals surface area contributed by atoms with E-state index < -0.39 is 0 Å². The Balaban J connectivity index is 1.86. The molecule has 0 amide bonds. The Labute approximate surface area is 126 Å². The summed E-state index contributed by atoms with van der Waals surface area (Å²) in [5, 5.41) is 4.41. The molecule has 0 saturated carbocycles. The summed E-state index contributed by atoms with van der Waals surface area (Å²) in [5.41, 5.74) is 1.73. The number of unbranched alkanes of at least 4 members (excludes halogenated alkanes) is 1. The van der Waals surface area contributed by atoms with Crippen molar-refractivity contribution in [3.63, 3.8) is 0 Å². The molecule has 0 saturated heterocycles. The zero-order chi connectivity index (χ0) is 15.1. The number of nitrogens with zero attached hydrogens (tertiary/aromatic N) is 2. The summed E-state index contributed by atoms with van der Waals surface area (Å²) < 4.78 is 13.2. The number of rotatable bonds is 8. The Morgan fingerprint density at radius 3 is 2.71 bits per heavy atom. The molecule has 0 unspecified atom stereocenters. The standard InChI is InChI=1S/C17H24FN3/c1-3-21(4-2)12-6-5-10-19-16-9-11-20-17-13-14(18)7-8-15(16)17/h7-9,11,13H,3-6,10,12H2,1-2H3,(H,19,20). The van der Waals surface area contributed by atoms with E-state index in [1.165, 1.54) is 18.6 Å². The number of benzene rings is 1. The van der Waals surface area contributed by atoms with Crippen molar-refractivity contribution in [3.8, 4) is 0 Å². The summed E-state index contributed by atoms with van der Waals surface area (Å²) in [4.78, 5) is 6.64. The van der Waals surface area contributed by atoms with Crippen LogP contribution in [0.25, 0.3) is 10.9 Å². The van der Waals surface area contributed by atoms with Gasteiger partial charge in [-0.1, -0.05) is 13.8 Å². The highest BCUT2D eigenvalue weighted by atomic mass is 19.1. The van der Waals surface area contributed by atoms with E-state index in [-0.39, 0.29) is 5.82 Å². The molecule has 0 aliphatic rings. The highest BCUT2D eigenvalue weighted by Gasteiger charge is 2.03. The number of pyridine rings is 1. The van der Waals surface area contributed by atoms with Gasteiger partial charge >= 0.3 is 0 Å². The fourth-order valence-corrected chi connectivity index (χ4v) is 2.50. The Kier molecular flexibility index (Phi) is 5.93. The number of halogens is 1. The topological polar surface area (TPSA) is 28.2 Å². The maximum absolute atomic E-state index is 13.2. The summed E-state index contributed by atoms with van der Waals surface area (Å²) in [6.07, 6.45) is 4.04. The normalized spacial score (nSPS) is 11.2. The number of aromatic nitrogens is 1. The lowest BCUT2D eigenvalue weighted by Gasteiger charge is -2.17. The van der Waals surface area contributed by atoms with Gasteiger partial charge in [0.2, 0.25) is 0 Å². The van der Waals surface area contributed by atoms with Crippen molar-refractivity contribution in [1.29, 1.82) is 0 Å². The van der Waals surface area contributed by atoms with Crippen molar-refractivity contribution in [2.45, 2.75) is 26.7 Å². The summed E-state index contributed by atoms with van der Waals surface area (Å²) in [6.45, 7) is 8.71. The Hall–Kier alpha value is -1.68. The molecule has 3 nitrogen and oxygen atoms in total. The number of nitrogens with one attached hydrogen (secondary N) is 1. The molecule has 2 aromatic rings. The predicted molar refractivity (Wildman–Crippen MR) is 87.2 cm³/mol. The summed E-state index contributed by atoms with van der Waals surface area (Å²) in [6, 6.07) is 6.69. The SMILES string of the molecule is CCN(CC)CCCCNc1ccnc2cc(F)ccc12. The fraction of sp³-hybridized carbons (Fsp3) is 0.471. The minimum Gasteiger partial charge on any atom is -0.384 e. The fourth-order valence-electron chi connectivity index (χ4n) is 2.50. The van der Waals surface area contributed by atoms with Crippen molar-refractivity contribution < 1.29 is 4.39 Å². The van der Waals surface area contributed by atoms with Gasteiger partial charge in [-0.25, -0.2) is 4.39 Å². The van der Waals surface area contributed by atoms with Gasteiger partial charge in [-0.05, 0) is 50.7 Å². The first-order valence-corrected chi connectivity index (χ1v) is 7.75. The molecule has 1 N–H and O–H groups in total. The van der Waals surface area contributed by atoms with Gasteiger partial charge in [0.25, 0.3) is 0 Å². The molecule has 114 valence electrons. The number of anilines is 1. The van der Waals surface area contributed by atoms with Crippen LogP contribution in [0.1, 0.15) is 26.7 Å². The second kappa shape index (κ2) is 7.93. The molecule has 21 heavy (non-hydrogen) atoms. The smallest absolute Gasteiger partial charge is 0.125 e. The summed E-state index contributed by atoms with van der Waals surface area (Å²) >= 11 is 0. The van der Waals surface area contributed by atoms with E-state index in [2.05, 4.69) is 29.0 Å². The summed E-state index contributed by atoms with van der Waals surface area (Å²) in [7, 11) is 0. The highest BCUT2D eigenvalue weighted by molar-refractivity contribution is 5.90. The van der Waals surface area contributed by atoms with Crippen LogP contribution in [0.4, 0.5) is 10.1 Å². The van der Waals surface area contributed by atoms with Crippen LogP contribution in [-0.4, -0.2) is 36.1 Å². The van der Waals surface area contributed by atoms with Gasteiger partial charge in [-0.15, -0.1) is 0 Å². The van der Waals surface area contributed by atoms with Gasteiger partial charge in [0.1, 0.15) is 5.82 Å². The molecule has 0 bridgehead atoms. The van der Waals surface area contributed by atoms with E-state index in [0.29, 0.717) is 5.52 Å². The molecule has 2 rings (SSSR count). The second-order valence-corrected chi connectivity index (χ2v) is 5.18. The molecule has 1 heterocycles. The van der Waals surface area contributed by atoms with Crippen LogP contribution < -0.4 is 5.32 Å². The Morgan fingerprint density at radius 1 is 1.14 bits per heavy atom. The zero-order valence-corrected chi connectivity index (χ0v) is 12.9. The number of hydrogen-bond donors (Lipinski definition) is 1. The highest BCUT2D eigenvalue weighted by Crippen LogP contribution is 2.22. The number of fused-ring (bicyclic) bond motifs is 1. The van der Waals surface area contributed by atoms with Gasteiger partial charge in [-0.2, -0.15) is 0 Å². The zero-order valence-electron chi connectivity index (χ0n) is 12.9. The molecule has 0 radical (unpaired) electrons. The quantitative estimate of drug-likeness (QED) is 0.747.